The second kappa shape index (κ2) is 49.4. The highest BCUT2D eigenvalue weighted by molar-refractivity contribution is 7.47. The van der Waals surface area contributed by atoms with E-state index in [0.29, 0.717) is 12.8 Å². The van der Waals surface area contributed by atoms with Crippen molar-refractivity contribution in [2.45, 2.75) is 206 Å². The number of nitrogens with two attached hydrogens (primary N) is 1. The monoisotopic (exact) mass is 914 g/mol. The zero-order valence-corrected chi connectivity index (χ0v) is 41.4. The van der Waals surface area contributed by atoms with E-state index in [0.717, 1.165) is 109 Å². The summed E-state index contributed by atoms with van der Waals surface area (Å²) < 4.78 is 32.9. The van der Waals surface area contributed by atoms with Crippen molar-refractivity contribution in [1.29, 1.82) is 0 Å². The molecule has 10 heteroatoms. The Morgan fingerprint density at radius 2 is 0.859 bits per heavy atom. The normalized spacial score (nSPS) is 14.0. The molecule has 0 fully saturated rings. The lowest BCUT2D eigenvalue weighted by Gasteiger charge is -2.19. The number of esters is 2. The maximum atomic E-state index is 12.6. The number of carbonyl (C=O) groups excluding carboxylic acids is 2. The molecule has 0 heterocycles. The second-order valence-electron chi connectivity index (χ2n) is 16.3. The van der Waals surface area contributed by atoms with Gasteiger partial charge in [-0.2, -0.15) is 0 Å². The minimum absolute atomic E-state index is 0.0438. The molecule has 0 amide bonds. The van der Waals surface area contributed by atoms with Gasteiger partial charge in [0.05, 0.1) is 13.2 Å². The number of allylic oxidation sites excluding steroid dienone is 16. The van der Waals surface area contributed by atoms with Gasteiger partial charge in [0.25, 0.3) is 0 Å². The van der Waals surface area contributed by atoms with E-state index >= 15 is 0 Å². The van der Waals surface area contributed by atoms with Gasteiger partial charge in [-0.3, -0.25) is 18.6 Å². The van der Waals surface area contributed by atoms with Crippen LogP contribution in [0.1, 0.15) is 200 Å². The molecule has 2 atom stereocenters. The van der Waals surface area contributed by atoms with Gasteiger partial charge in [0.1, 0.15) is 6.61 Å². The predicted molar refractivity (Wildman–Crippen MR) is 270 cm³/mol. The fourth-order valence-electron chi connectivity index (χ4n) is 6.49. The van der Waals surface area contributed by atoms with Crippen molar-refractivity contribution in [2.75, 3.05) is 26.4 Å². The highest BCUT2D eigenvalue weighted by atomic mass is 31.2. The van der Waals surface area contributed by atoms with Crippen molar-refractivity contribution in [3.63, 3.8) is 0 Å². The summed E-state index contributed by atoms with van der Waals surface area (Å²) in [5.41, 5.74) is 5.36. The lowest BCUT2D eigenvalue weighted by Crippen LogP contribution is -2.29. The average Bonchev–Trinajstić information content (AvgIpc) is 3.28. The van der Waals surface area contributed by atoms with Crippen LogP contribution in [0.15, 0.2) is 97.2 Å². The molecule has 0 rings (SSSR count). The fourth-order valence-corrected chi connectivity index (χ4v) is 7.26. The van der Waals surface area contributed by atoms with Crippen molar-refractivity contribution in [3.05, 3.63) is 97.2 Å². The van der Waals surface area contributed by atoms with Gasteiger partial charge in [-0.15, -0.1) is 0 Å². The van der Waals surface area contributed by atoms with Crippen LogP contribution in [0, 0.1) is 0 Å². The van der Waals surface area contributed by atoms with Gasteiger partial charge >= 0.3 is 19.8 Å². The van der Waals surface area contributed by atoms with Gasteiger partial charge in [0.15, 0.2) is 6.10 Å². The van der Waals surface area contributed by atoms with E-state index in [4.69, 9.17) is 24.3 Å². The van der Waals surface area contributed by atoms with E-state index in [1.165, 1.54) is 51.4 Å². The number of unbranched alkanes of at least 4 members (excludes halogenated alkanes) is 17. The summed E-state index contributed by atoms with van der Waals surface area (Å²) in [6, 6.07) is 0. The second-order valence-corrected chi connectivity index (χ2v) is 17.8. The first kappa shape index (κ1) is 60.9. The van der Waals surface area contributed by atoms with Crippen LogP contribution in [0.4, 0.5) is 0 Å². The molecule has 0 aromatic carbocycles. The summed E-state index contributed by atoms with van der Waals surface area (Å²) in [6.45, 7) is 3.58. The molecule has 9 nitrogen and oxygen atoms in total. The third kappa shape index (κ3) is 48.4. The van der Waals surface area contributed by atoms with E-state index in [1.54, 1.807) is 0 Å². The van der Waals surface area contributed by atoms with Crippen molar-refractivity contribution in [2.24, 2.45) is 5.73 Å². The lowest BCUT2D eigenvalue weighted by atomic mass is 10.1. The van der Waals surface area contributed by atoms with E-state index in [-0.39, 0.29) is 32.6 Å². The molecule has 0 saturated carbocycles. The van der Waals surface area contributed by atoms with Crippen LogP contribution in [-0.4, -0.2) is 49.3 Å². The Morgan fingerprint density at radius 1 is 0.484 bits per heavy atom. The molecule has 0 bridgehead atoms. The minimum atomic E-state index is -4.40. The van der Waals surface area contributed by atoms with Crippen molar-refractivity contribution < 1.29 is 37.6 Å². The maximum absolute atomic E-state index is 12.6. The highest BCUT2D eigenvalue weighted by Gasteiger charge is 2.26. The van der Waals surface area contributed by atoms with Gasteiger partial charge in [-0.05, 0) is 96.3 Å². The first-order valence-corrected chi connectivity index (χ1v) is 26.7. The third-order valence-electron chi connectivity index (χ3n) is 10.2. The Labute approximate surface area is 391 Å². The van der Waals surface area contributed by atoms with E-state index in [2.05, 4.69) is 111 Å². The fraction of sp³-hybridized carbons (Fsp3) is 0.667. The quantitative estimate of drug-likeness (QED) is 0.0265. The number of rotatable bonds is 46. The summed E-state index contributed by atoms with van der Waals surface area (Å²) in [6.07, 6.45) is 64.4. The Kier molecular flexibility index (Phi) is 47.0. The molecule has 0 aliphatic heterocycles. The van der Waals surface area contributed by atoms with Crippen LogP contribution in [-0.2, 0) is 32.7 Å². The summed E-state index contributed by atoms with van der Waals surface area (Å²) >= 11 is 0. The molecule has 0 aliphatic carbocycles. The first-order valence-electron chi connectivity index (χ1n) is 25.2. The van der Waals surface area contributed by atoms with Crippen LogP contribution < -0.4 is 5.73 Å². The standard InChI is InChI=1S/C54H92NO8P/c1-3-5-7-9-11-13-15-17-19-21-22-23-24-25-26-27-28-29-30-31-33-35-37-39-41-43-45-47-54(57)63-52(51-62-64(58,59)61-49-48-55)50-60-53(56)46-44-42-40-38-36-34-32-20-18-16-14-12-10-8-6-4-2/h5,7,11,13,17,19-20,22-23,25-26,28-29,31-33,52H,3-4,6,8-10,12,14-16,18,21,24,27,30,34-51,55H2,1-2H3,(H,58,59)/b7-5-,13-11-,19-17-,23-22-,26-25-,29-28-,32-20-,33-31-. The maximum Gasteiger partial charge on any atom is 0.472 e. The van der Waals surface area contributed by atoms with Gasteiger partial charge in [0.2, 0.25) is 0 Å². The Bertz CT molecular complexity index is 1360. The Hall–Kier alpha value is -3.07. The number of carbonyl (C=O) groups is 2. The SMILES string of the molecule is CC/C=C\C/C=C\C/C=C\C/C=C\C/C=C\C/C=C\C/C=C\CCCCCCCC(=O)OC(COC(=O)CCCCCCC/C=C\CCCCCCCCC)COP(=O)(O)OCCN. The average molecular weight is 914 g/mol. The largest absolute Gasteiger partial charge is 0.472 e. The summed E-state index contributed by atoms with van der Waals surface area (Å²) in [4.78, 5) is 35.0. The molecule has 0 aromatic heterocycles. The Morgan fingerprint density at radius 3 is 1.30 bits per heavy atom. The van der Waals surface area contributed by atoms with E-state index in [9.17, 15) is 19.0 Å². The molecule has 0 saturated heterocycles. The molecule has 2 unspecified atom stereocenters. The molecule has 3 N–H and O–H groups in total. The zero-order chi connectivity index (χ0) is 46.7. The molecule has 0 aliphatic rings. The summed E-state index contributed by atoms with van der Waals surface area (Å²) in [5, 5.41) is 0. The predicted octanol–water partition coefficient (Wildman–Crippen LogP) is 15.3. The van der Waals surface area contributed by atoms with Crippen LogP contribution >= 0.6 is 7.82 Å². The molecular formula is C54H92NO8P. The molecule has 64 heavy (non-hydrogen) atoms. The van der Waals surface area contributed by atoms with Gasteiger partial charge in [0, 0.05) is 19.4 Å². The van der Waals surface area contributed by atoms with E-state index < -0.39 is 32.5 Å². The number of ether oxygens (including phenoxy) is 2. The lowest BCUT2D eigenvalue weighted by molar-refractivity contribution is -0.161. The molecule has 0 spiro atoms. The van der Waals surface area contributed by atoms with Crippen molar-refractivity contribution in [3.8, 4) is 0 Å². The molecule has 366 valence electrons. The van der Waals surface area contributed by atoms with Gasteiger partial charge < -0.3 is 20.1 Å². The van der Waals surface area contributed by atoms with E-state index in [1.807, 2.05) is 0 Å². The van der Waals surface area contributed by atoms with Crippen LogP contribution in [0.25, 0.3) is 0 Å². The zero-order valence-electron chi connectivity index (χ0n) is 40.5. The van der Waals surface area contributed by atoms with Crippen LogP contribution in [0.2, 0.25) is 0 Å². The van der Waals surface area contributed by atoms with Crippen LogP contribution in [0.5, 0.6) is 0 Å². The first-order chi connectivity index (χ1) is 31.3. The smallest absolute Gasteiger partial charge is 0.462 e. The topological polar surface area (TPSA) is 134 Å². The number of phosphoric ester groups is 1. The Balaban J connectivity index is 4.15. The highest BCUT2D eigenvalue weighted by Crippen LogP contribution is 2.43. The number of phosphoric acid groups is 1. The minimum Gasteiger partial charge on any atom is -0.462 e. The van der Waals surface area contributed by atoms with Crippen LogP contribution in [0.3, 0.4) is 0 Å². The third-order valence-corrected chi connectivity index (χ3v) is 11.2. The van der Waals surface area contributed by atoms with Gasteiger partial charge in [-0.25, -0.2) is 4.57 Å². The van der Waals surface area contributed by atoms with Crippen molar-refractivity contribution in [1.82, 2.24) is 0 Å². The molecular weight excluding hydrogens is 822 g/mol. The van der Waals surface area contributed by atoms with Crippen molar-refractivity contribution >= 4 is 19.8 Å². The number of hydrogen-bond donors (Lipinski definition) is 2. The molecule has 0 radical (unpaired) electrons. The summed E-state index contributed by atoms with van der Waals surface area (Å²) in [5.74, 6) is -0.866. The summed E-state index contributed by atoms with van der Waals surface area (Å²) in [7, 11) is -4.40. The van der Waals surface area contributed by atoms with Gasteiger partial charge in [-0.1, -0.05) is 188 Å². The number of hydrogen-bond acceptors (Lipinski definition) is 8. The molecule has 0 aromatic rings.